The van der Waals surface area contributed by atoms with E-state index in [-0.39, 0.29) is 30.7 Å². The van der Waals surface area contributed by atoms with Crippen LogP contribution in [0.25, 0.3) is 0 Å². The van der Waals surface area contributed by atoms with E-state index in [4.69, 9.17) is 0 Å². The van der Waals surface area contributed by atoms with Crippen molar-refractivity contribution >= 4 is 23.1 Å². The van der Waals surface area contributed by atoms with Crippen molar-refractivity contribution in [2.24, 2.45) is 0 Å². The topological polar surface area (TPSA) is 86.3 Å². The van der Waals surface area contributed by atoms with E-state index in [0.29, 0.717) is 0 Å². The summed E-state index contributed by atoms with van der Waals surface area (Å²) in [5.74, 6) is 0. The molecule has 2 saturated carbocycles. The van der Waals surface area contributed by atoms with Gasteiger partial charge in [-0.15, -0.1) is 11.8 Å². The molecular weight excluding hydrogens is 412 g/mol. The third kappa shape index (κ3) is 4.47. The molecule has 0 bridgehead atoms. The summed E-state index contributed by atoms with van der Waals surface area (Å²) >= 11 is 1.94. The molecule has 164 valence electrons. The highest BCUT2D eigenvalue weighted by atomic mass is 32.2. The van der Waals surface area contributed by atoms with Gasteiger partial charge in [0.1, 0.15) is 0 Å². The van der Waals surface area contributed by atoms with E-state index in [1.807, 2.05) is 23.9 Å². The number of nitro groups is 2. The third-order valence-corrected chi connectivity index (χ3v) is 8.95. The maximum absolute atomic E-state index is 11.5. The predicted molar refractivity (Wildman–Crippen MR) is 123 cm³/mol. The van der Waals surface area contributed by atoms with Crippen LogP contribution in [0.2, 0.25) is 0 Å². The van der Waals surface area contributed by atoms with Gasteiger partial charge in [0, 0.05) is 33.8 Å². The van der Waals surface area contributed by atoms with E-state index >= 15 is 0 Å². The number of nitro benzene ring substituents is 2. The van der Waals surface area contributed by atoms with Crippen LogP contribution >= 0.6 is 11.8 Å². The Kier molecular flexibility index (Phi) is 6.32. The van der Waals surface area contributed by atoms with Gasteiger partial charge in [0.05, 0.1) is 9.85 Å². The Balaban J connectivity index is 1.79. The predicted octanol–water partition coefficient (Wildman–Crippen LogP) is 7.26. The van der Waals surface area contributed by atoms with Crippen molar-refractivity contribution in [3.05, 3.63) is 79.9 Å². The molecule has 2 aromatic carbocycles. The molecule has 0 amide bonds. The Labute approximate surface area is 186 Å². The smallest absolute Gasteiger partial charge is 0.258 e. The Morgan fingerprint density at radius 3 is 1.39 bits per heavy atom. The van der Waals surface area contributed by atoms with Crippen molar-refractivity contribution in [3.8, 4) is 0 Å². The SMILES string of the molecule is O=[N+]([O-])c1cccc(C2(SC3(c4cccc([N+](=O)[O-])c4)CCCCC3)CCCCC2)c1. The molecule has 31 heavy (non-hydrogen) atoms. The fraction of sp³-hybridized carbons (Fsp3) is 0.500. The molecule has 0 heterocycles. The first-order valence-electron chi connectivity index (χ1n) is 11.1. The highest BCUT2D eigenvalue weighted by Crippen LogP contribution is 2.60. The van der Waals surface area contributed by atoms with Gasteiger partial charge in [-0.1, -0.05) is 62.8 Å². The van der Waals surface area contributed by atoms with E-state index in [0.717, 1.165) is 62.5 Å². The summed E-state index contributed by atoms with van der Waals surface area (Å²) in [6.07, 6.45) is 10.7. The van der Waals surface area contributed by atoms with Crippen molar-refractivity contribution in [2.75, 3.05) is 0 Å². The summed E-state index contributed by atoms with van der Waals surface area (Å²) in [6, 6.07) is 14.3. The third-order valence-electron chi connectivity index (χ3n) is 6.88. The summed E-state index contributed by atoms with van der Waals surface area (Å²) in [5.41, 5.74) is 2.33. The molecule has 0 radical (unpaired) electrons. The Bertz CT molecular complexity index is 888. The van der Waals surface area contributed by atoms with Gasteiger partial charge in [-0.3, -0.25) is 20.2 Å². The monoisotopic (exact) mass is 440 g/mol. The van der Waals surface area contributed by atoms with Gasteiger partial charge in [-0.2, -0.15) is 0 Å². The van der Waals surface area contributed by atoms with Crippen molar-refractivity contribution in [3.63, 3.8) is 0 Å². The van der Waals surface area contributed by atoms with E-state index in [2.05, 4.69) is 0 Å². The second-order valence-corrected chi connectivity index (χ2v) is 10.6. The summed E-state index contributed by atoms with van der Waals surface area (Å²) in [6.45, 7) is 0. The average molecular weight is 441 g/mol. The molecule has 0 unspecified atom stereocenters. The average Bonchev–Trinajstić information content (AvgIpc) is 2.80. The summed E-state index contributed by atoms with van der Waals surface area (Å²) in [4.78, 5) is 22.3. The fourth-order valence-corrected chi connectivity index (χ4v) is 7.55. The first kappa shape index (κ1) is 21.8. The standard InChI is InChI=1S/C24H28N2O4S/c27-25(28)21-11-7-9-19(17-21)23(13-3-1-4-14-23)31-24(15-5-2-6-16-24)20-10-8-12-22(18-20)26(29)30/h7-12,17-18H,1-6,13-16H2. The largest absolute Gasteiger partial charge is 0.269 e. The fourth-order valence-electron chi connectivity index (χ4n) is 5.32. The number of hydrogen-bond donors (Lipinski definition) is 0. The first-order valence-corrected chi connectivity index (χ1v) is 12.0. The summed E-state index contributed by atoms with van der Waals surface area (Å²) in [7, 11) is 0. The Morgan fingerprint density at radius 2 is 1.03 bits per heavy atom. The zero-order valence-electron chi connectivity index (χ0n) is 17.6. The number of benzene rings is 2. The molecule has 6 nitrogen and oxygen atoms in total. The molecule has 2 aliphatic carbocycles. The van der Waals surface area contributed by atoms with E-state index < -0.39 is 0 Å². The maximum Gasteiger partial charge on any atom is 0.269 e. The minimum atomic E-state index is -0.318. The van der Waals surface area contributed by atoms with Crippen LogP contribution in [0, 0.1) is 20.2 Å². The second kappa shape index (κ2) is 8.99. The highest BCUT2D eigenvalue weighted by molar-refractivity contribution is 8.01. The normalized spacial score (nSPS) is 20.1. The molecular formula is C24H28N2O4S. The van der Waals surface area contributed by atoms with Crippen molar-refractivity contribution < 1.29 is 9.85 Å². The number of thioether (sulfide) groups is 1. The van der Waals surface area contributed by atoms with Gasteiger partial charge < -0.3 is 0 Å². The molecule has 0 aliphatic heterocycles. The van der Waals surface area contributed by atoms with Crippen LogP contribution in [0.5, 0.6) is 0 Å². The van der Waals surface area contributed by atoms with Gasteiger partial charge >= 0.3 is 0 Å². The van der Waals surface area contributed by atoms with Gasteiger partial charge in [-0.05, 0) is 36.8 Å². The van der Waals surface area contributed by atoms with Crippen LogP contribution in [-0.2, 0) is 9.49 Å². The molecule has 0 atom stereocenters. The molecule has 0 spiro atoms. The van der Waals surface area contributed by atoms with E-state index in [9.17, 15) is 20.2 Å². The van der Waals surface area contributed by atoms with Crippen LogP contribution in [0.1, 0.15) is 75.3 Å². The summed E-state index contributed by atoms with van der Waals surface area (Å²) < 4.78 is -0.404. The lowest BCUT2D eigenvalue weighted by atomic mass is 9.82. The molecule has 7 heteroatoms. The van der Waals surface area contributed by atoms with Gasteiger partial charge in [0.15, 0.2) is 0 Å². The Hall–Kier alpha value is -2.41. The number of nitrogens with zero attached hydrogens (tertiary/aromatic N) is 2. The Morgan fingerprint density at radius 1 is 0.645 bits per heavy atom. The number of rotatable bonds is 6. The van der Waals surface area contributed by atoms with Crippen LogP contribution in [0.4, 0.5) is 11.4 Å². The lowest BCUT2D eigenvalue weighted by Crippen LogP contribution is -2.35. The van der Waals surface area contributed by atoms with Crippen LogP contribution < -0.4 is 0 Å². The van der Waals surface area contributed by atoms with Crippen molar-refractivity contribution in [1.29, 1.82) is 0 Å². The van der Waals surface area contributed by atoms with Gasteiger partial charge in [0.2, 0.25) is 0 Å². The molecule has 2 aliphatic rings. The van der Waals surface area contributed by atoms with Crippen LogP contribution in [-0.4, -0.2) is 9.85 Å². The van der Waals surface area contributed by atoms with Gasteiger partial charge in [0.25, 0.3) is 11.4 Å². The second-order valence-electron chi connectivity index (χ2n) is 8.83. The quantitative estimate of drug-likeness (QED) is 0.348. The first-order chi connectivity index (χ1) is 14.9. The molecule has 2 aromatic rings. The molecule has 0 N–H and O–H groups in total. The van der Waals surface area contributed by atoms with Crippen LogP contribution in [0.15, 0.2) is 48.5 Å². The minimum Gasteiger partial charge on any atom is -0.258 e. The molecule has 2 fully saturated rings. The van der Waals surface area contributed by atoms with Gasteiger partial charge in [-0.25, -0.2) is 0 Å². The molecule has 0 aromatic heterocycles. The molecule has 4 rings (SSSR count). The molecule has 0 saturated heterocycles. The van der Waals surface area contributed by atoms with Crippen molar-refractivity contribution in [2.45, 2.75) is 73.7 Å². The zero-order valence-corrected chi connectivity index (χ0v) is 18.4. The summed E-state index contributed by atoms with van der Waals surface area (Å²) in [5, 5.41) is 22.9. The van der Waals surface area contributed by atoms with Crippen molar-refractivity contribution in [1.82, 2.24) is 0 Å². The number of non-ortho nitro benzene ring substituents is 2. The van der Waals surface area contributed by atoms with Crippen LogP contribution in [0.3, 0.4) is 0 Å². The lowest BCUT2D eigenvalue weighted by Gasteiger charge is -2.47. The number of hydrogen-bond acceptors (Lipinski definition) is 5. The maximum atomic E-state index is 11.5. The minimum absolute atomic E-state index is 0.135. The van der Waals surface area contributed by atoms with E-state index in [1.54, 1.807) is 36.4 Å². The lowest BCUT2D eigenvalue weighted by molar-refractivity contribution is -0.385. The van der Waals surface area contributed by atoms with E-state index in [1.165, 1.54) is 12.8 Å². The zero-order chi connectivity index (χ0) is 21.9. The highest BCUT2D eigenvalue weighted by Gasteiger charge is 2.45.